The number of nitrogens with zero attached hydrogens (tertiary/aromatic N) is 2. The Bertz CT molecular complexity index is 774. The Kier molecular flexibility index (Phi) is 15.9. The van der Waals surface area contributed by atoms with Gasteiger partial charge in [-0.1, -0.05) is 49.0 Å². The lowest BCUT2D eigenvalue weighted by molar-refractivity contribution is -0.159. The van der Waals surface area contributed by atoms with Gasteiger partial charge in [0.2, 0.25) is 0 Å². The van der Waals surface area contributed by atoms with Gasteiger partial charge in [0.15, 0.2) is 0 Å². The molecule has 2 rings (SSSR count). The number of likely N-dealkylation sites (tertiary alicyclic amines) is 1. The standard InChI is InChI=1S/C18H28Cl2N2.2C2H2O4/c1-3-4-5-9-22-10-8-16(14-22)13-21(2)12-15-6-7-17(19)18(20)11-15;2*3-1(4)2(5)6/h6-7,11,16H,3-5,8-10,12-14H2,1-2H3;2*(H,3,4)(H,5,6). The van der Waals surface area contributed by atoms with Crippen molar-refractivity contribution in [1.82, 2.24) is 9.80 Å². The molecule has 1 atom stereocenters. The van der Waals surface area contributed by atoms with E-state index in [0.29, 0.717) is 10.0 Å². The normalized spacial score (nSPS) is 15.0. The summed E-state index contributed by atoms with van der Waals surface area (Å²) in [5.74, 6) is -6.50. The van der Waals surface area contributed by atoms with Crippen LogP contribution in [0, 0.1) is 5.92 Å². The molecule has 10 nitrogen and oxygen atoms in total. The highest BCUT2D eigenvalue weighted by Gasteiger charge is 2.23. The third-order valence-corrected chi connectivity index (χ3v) is 5.56. The number of aliphatic carboxylic acids is 4. The van der Waals surface area contributed by atoms with Gasteiger partial charge in [0.1, 0.15) is 0 Å². The smallest absolute Gasteiger partial charge is 0.414 e. The summed E-state index contributed by atoms with van der Waals surface area (Å²) in [6.07, 6.45) is 5.35. The molecule has 12 heteroatoms. The molecule has 4 N–H and O–H groups in total. The van der Waals surface area contributed by atoms with Crippen molar-refractivity contribution in [3.8, 4) is 0 Å². The molecule has 1 saturated heterocycles. The van der Waals surface area contributed by atoms with Gasteiger partial charge in [-0.15, -0.1) is 0 Å². The molecule has 0 amide bonds. The molecule has 0 radical (unpaired) electrons. The third-order valence-electron chi connectivity index (χ3n) is 4.82. The number of hydrogen-bond donors (Lipinski definition) is 4. The quantitative estimate of drug-likeness (QED) is 0.295. The van der Waals surface area contributed by atoms with E-state index in [-0.39, 0.29) is 0 Å². The van der Waals surface area contributed by atoms with Crippen LogP contribution in [0.15, 0.2) is 18.2 Å². The van der Waals surface area contributed by atoms with E-state index in [0.717, 1.165) is 19.0 Å². The van der Waals surface area contributed by atoms with Crippen LogP contribution >= 0.6 is 23.2 Å². The second-order valence-electron chi connectivity index (χ2n) is 7.83. The second-order valence-corrected chi connectivity index (χ2v) is 8.64. The van der Waals surface area contributed by atoms with Crippen molar-refractivity contribution in [2.45, 2.75) is 39.2 Å². The van der Waals surface area contributed by atoms with Gasteiger partial charge in [-0.3, -0.25) is 0 Å². The van der Waals surface area contributed by atoms with E-state index in [1.54, 1.807) is 0 Å². The lowest BCUT2D eigenvalue weighted by atomic mass is 10.1. The van der Waals surface area contributed by atoms with Crippen LogP contribution in [0.3, 0.4) is 0 Å². The van der Waals surface area contributed by atoms with Crippen molar-refractivity contribution in [3.05, 3.63) is 33.8 Å². The van der Waals surface area contributed by atoms with Crippen LogP contribution in [-0.2, 0) is 25.7 Å². The first-order chi connectivity index (χ1) is 15.9. The van der Waals surface area contributed by atoms with Crippen LogP contribution in [0.5, 0.6) is 0 Å². The number of benzene rings is 1. The van der Waals surface area contributed by atoms with E-state index in [1.165, 1.54) is 50.9 Å². The summed E-state index contributed by atoms with van der Waals surface area (Å²) in [6.45, 7) is 8.17. The van der Waals surface area contributed by atoms with Gasteiger partial charge in [-0.05, 0) is 56.6 Å². The van der Waals surface area contributed by atoms with E-state index < -0.39 is 23.9 Å². The lowest BCUT2D eigenvalue weighted by Gasteiger charge is -2.22. The molecule has 0 saturated carbocycles. The topological polar surface area (TPSA) is 156 Å². The summed E-state index contributed by atoms with van der Waals surface area (Å²) < 4.78 is 0. The van der Waals surface area contributed by atoms with E-state index in [1.807, 2.05) is 12.1 Å². The largest absolute Gasteiger partial charge is 0.473 e. The first-order valence-electron chi connectivity index (χ1n) is 10.6. The molecule has 1 heterocycles. The van der Waals surface area contributed by atoms with Crippen molar-refractivity contribution in [1.29, 1.82) is 0 Å². The van der Waals surface area contributed by atoms with Crippen LogP contribution in [0.1, 0.15) is 38.2 Å². The van der Waals surface area contributed by atoms with Crippen molar-refractivity contribution in [2.24, 2.45) is 5.92 Å². The fourth-order valence-electron chi connectivity index (χ4n) is 3.31. The number of unbranched alkanes of at least 4 members (excludes halogenated alkanes) is 2. The van der Waals surface area contributed by atoms with Crippen LogP contribution in [0.25, 0.3) is 0 Å². The zero-order chi connectivity index (χ0) is 26.3. The van der Waals surface area contributed by atoms with Crippen LogP contribution in [0.2, 0.25) is 10.0 Å². The van der Waals surface area contributed by atoms with Gasteiger partial charge in [0.25, 0.3) is 0 Å². The molecular formula is C22H32Cl2N2O8. The third kappa shape index (κ3) is 14.7. The molecule has 0 bridgehead atoms. The Balaban J connectivity index is 0.000000750. The monoisotopic (exact) mass is 522 g/mol. The Labute approximate surface area is 208 Å². The zero-order valence-corrected chi connectivity index (χ0v) is 20.8. The summed E-state index contributed by atoms with van der Waals surface area (Å²) in [7, 11) is 2.20. The highest BCUT2D eigenvalue weighted by Crippen LogP contribution is 2.24. The molecule has 1 aromatic carbocycles. The molecule has 192 valence electrons. The minimum atomic E-state index is -1.82. The minimum absolute atomic E-state index is 0.631. The number of carboxylic acid groups (broad SMARTS) is 4. The van der Waals surface area contributed by atoms with Gasteiger partial charge < -0.3 is 30.2 Å². The number of carboxylic acids is 4. The molecule has 1 aromatic rings. The fourth-order valence-corrected chi connectivity index (χ4v) is 3.63. The van der Waals surface area contributed by atoms with Crippen LogP contribution in [0.4, 0.5) is 0 Å². The Morgan fingerprint density at radius 1 is 0.971 bits per heavy atom. The molecular weight excluding hydrogens is 491 g/mol. The Hall–Kier alpha value is -2.40. The Morgan fingerprint density at radius 2 is 1.53 bits per heavy atom. The molecule has 0 aliphatic carbocycles. The maximum absolute atomic E-state index is 9.10. The van der Waals surface area contributed by atoms with Crippen molar-refractivity contribution in [3.63, 3.8) is 0 Å². The van der Waals surface area contributed by atoms with Crippen molar-refractivity contribution in [2.75, 3.05) is 33.2 Å². The van der Waals surface area contributed by atoms with Crippen LogP contribution in [-0.4, -0.2) is 87.3 Å². The molecule has 1 unspecified atom stereocenters. The molecule has 34 heavy (non-hydrogen) atoms. The van der Waals surface area contributed by atoms with Gasteiger partial charge in [-0.2, -0.15) is 0 Å². The van der Waals surface area contributed by atoms with Gasteiger partial charge in [-0.25, -0.2) is 19.2 Å². The first-order valence-corrected chi connectivity index (χ1v) is 11.4. The van der Waals surface area contributed by atoms with Gasteiger partial charge >= 0.3 is 23.9 Å². The number of carbonyl (C=O) groups is 4. The van der Waals surface area contributed by atoms with Crippen LogP contribution < -0.4 is 0 Å². The lowest BCUT2D eigenvalue weighted by Crippen LogP contribution is -2.28. The van der Waals surface area contributed by atoms with E-state index in [9.17, 15) is 0 Å². The molecule has 0 spiro atoms. The highest BCUT2D eigenvalue weighted by atomic mass is 35.5. The number of rotatable bonds is 8. The SMILES string of the molecule is CCCCCN1CCC(CN(C)Cc2ccc(Cl)c(Cl)c2)C1.O=C(O)C(=O)O.O=C(O)C(=O)O. The average Bonchev–Trinajstić information content (AvgIpc) is 3.18. The summed E-state index contributed by atoms with van der Waals surface area (Å²) in [5, 5.41) is 30.8. The summed E-state index contributed by atoms with van der Waals surface area (Å²) >= 11 is 12.1. The number of hydrogen-bond acceptors (Lipinski definition) is 6. The van der Waals surface area contributed by atoms with E-state index in [2.05, 4.69) is 29.8 Å². The minimum Gasteiger partial charge on any atom is -0.473 e. The molecule has 1 aliphatic rings. The van der Waals surface area contributed by atoms with E-state index in [4.69, 9.17) is 62.8 Å². The fraction of sp³-hybridized carbons (Fsp3) is 0.545. The van der Waals surface area contributed by atoms with E-state index >= 15 is 0 Å². The van der Waals surface area contributed by atoms with Gasteiger partial charge in [0, 0.05) is 19.6 Å². The number of halogens is 2. The second kappa shape index (κ2) is 17.1. The molecule has 0 aromatic heterocycles. The predicted octanol–water partition coefficient (Wildman–Crippen LogP) is 3.25. The maximum atomic E-state index is 9.10. The average molecular weight is 523 g/mol. The summed E-state index contributed by atoms with van der Waals surface area (Å²) in [5.41, 5.74) is 1.23. The molecule has 1 fully saturated rings. The Morgan fingerprint density at radius 3 is 2.00 bits per heavy atom. The summed E-state index contributed by atoms with van der Waals surface area (Å²) in [4.78, 5) is 41.4. The van der Waals surface area contributed by atoms with Crippen molar-refractivity contribution < 1.29 is 39.6 Å². The summed E-state index contributed by atoms with van der Waals surface area (Å²) in [6, 6.07) is 5.93. The zero-order valence-electron chi connectivity index (χ0n) is 19.2. The molecule has 1 aliphatic heterocycles. The predicted molar refractivity (Wildman–Crippen MR) is 127 cm³/mol. The highest BCUT2D eigenvalue weighted by molar-refractivity contribution is 6.42. The maximum Gasteiger partial charge on any atom is 0.414 e. The first kappa shape index (κ1) is 31.6. The van der Waals surface area contributed by atoms with Gasteiger partial charge in [0.05, 0.1) is 10.0 Å². The van der Waals surface area contributed by atoms with Crippen molar-refractivity contribution >= 4 is 47.1 Å².